The second kappa shape index (κ2) is 5.27. The molecule has 2 aromatic rings. The lowest BCUT2D eigenvalue weighted by molar-refractivity contribution is -0.133. The smallest absolute Gasteiger partial charge is 0.384 e. The quantitative estimate of drug-likeness (QED) is 0.620. The van der Waals surface area contributed by atoms with E-state index in [0.717, 1.165) is 10.9 Å². The van der Waals surface area contributed by atoms with E-state index in [1.807, 2.05) is 0 Å². The number of aromatic nitrogens is 1. The van der Waals surface area contributed by atoms with Crippen molar-refractivity contribution in [1.29, 1.82) is 0 Å². The lowest BCUT2D eigenvalue weighted by Crippen LogP contribution is -2.00. The van der Waals surface area contributed by atoms with Gasteiger partial charge >= 0.3 is 11.9 Å². The number of hydrogen-bond donors (Lipinski definition) is 1. The van der Waals surface area contributed by atoms with Crippen LogP contribution in [0, 0.1) is 11.8 Å². The van der Waals surface area contributed by atoms with Gasteiger partial charge in [0.1, 0.15) is 5.69 Å². The highest BCUT2D eigenvalue weighted by Crippen LogP contribution is 2.17. The maximum absolute atomic E-state index is 11.4. The highest BCUT2D eigenvalue weighted by atomic mass is 16.5. The number of H-pyrrole nitrogens is 1. The summed E-state index contributed by atoms with van der Waals surface area (Å²) in [4.78, 5) is 25.2. The molecular formula is C14H11NO4. The monoisotopic (exact) mass is 257 g/mol. The van der Waals surface area contributed by atoms with Crippen LogP contribution in [0.3, 0.4) is 0 Å². The zero-order chi connectivity index (χ0) is 13.8. The summed E-state index contributed by atoms with van der Waals surface area (Å²) in [6, 6.07) is 7.00. The molecule has 19 heavy (non-hydrogen) atoms. The van der Waals surface area contributed by atoms with Gasteiger partial charge in [0.05, 0.1) is 14.2 Å². The van der Waals surface area contributed by atoms with Crippen molar-refractivity contribution in [3.8, 4) is 11.8 Å². The van der Waals surface area contributed by atoms with E-state index in [1.54, 1.807) is 24.3 Å². The van der Waals surface area contributed by atoms with Crippen LogP contribution in [0.2, 0.25) is 0 Å². The molecule has 96 valence electrons. The Labute approximate surface area is 109 Å². The zero-order valence-electron chi connectivity index (χ0n) is 10.4. The van der Waals surface area contributed by atoms with E-state index < -0.39 is 11.9 Å². The molecule has 0 spiro atoms. The molecule has 0 aliphatic carbocycles. The first kappa shape index (κ1) is 12.7. The van der Waals surface area contributed by atoms with E-state index >= 15 is 0 Å². The molecule has 0 saturated carbocycles. The molecule has 0 saturated heterocycles. The number of carbonyl (C=O) groups is 2. The molecule has 0 unspecified atom stereocenters. The summed E-state index contributed by atoms with van der Waals surface area (Å²) >= 11 is 0. The molecule has 0 aliphatic heterocycles. The fourth-order valence-corrected chi connectivity index (χ4v) is 1.60. The Morgan fingerprint density at radius 3 is 2.63 bits per heavy atom. The number of fused-ring (bicyclic) bond motifs is 1. The van der Waals surface area contributed by atoms with Crippen LogP contribution in [0.1, 0.15) is 16.1 Å². The Kier molecular flexibility index (Phi) is 3.53. The number of benzene rings is 1. The standard InChI is InChI=1S/C14H11NO4/c1-18-13(16)6-4-9-3-5-10-8-12(14(17)19-2)15-11(10)7-9/h3,5,7-8,15H,1-2H3. The molecule has 1 heterocycles. The highest BCUT2D eigenvalue weighted by Gasteiger charge is 2.09. The number of carbonyl (C=O) groups excluding carboxylic acids is 2. The minimum absolute atomic E-state index is 0.371. The Balaban J connectivity index is 2.37. The Bertz CT molecular complexity index is 703. The van der Waals surface area contributed by atoms with Crippen molar-refractivity contribution >= 4 is 22.8 Å². The molecule has 1 aromatic carbocycles. The van der Waals surface area contributed by atoms with Crippen LogP contribution in [0.4, 0.5) is 0 Å². The van der Waals surface area contributed by atoms with E-state index in [1.165, 1.54) is 14.2 Å². The lowest BCUT2D eigenvalue weighted by atomic mass is 10.1. The van der Waals surface area contributed by atoms with Gasteiger partial charge < -0.3 is 14.5 Å². The molecular weight excluding hydrogens is 246 g/mol. The Hall–Kier alpha value is -2.74. The van der Waals surface area contributed by atoms with Crippen molar-refractivity contribution in [2.24, 2.45) is 0 Å². The molecule has 0 aliphatic rings. The number of rotatable bonds is 1. The SMILES string of the molecule is COC(=O)C#Cc1ccc2cc(C(=O)OC)[nH]c2c1. The third-order valence-electron chi connectivity index (χ3n) is 2.52. The molecule has 5 nitrogen and oxygen atoms in total. The van der Waals surface area contributed by atoms with Gasteiger partial charge in [-0.1, -0.05) is 12.0 Å². The van der Waals surface area contributed by atoms with Gasteiger partial charge in [0, 0.05) is 22.4 Å². The van der Waals surface area contributed by atoms with Gasteiger partial charge in [-0.25, -0.2) is 9.59 Å². The molecule has 0 radical (unpaired) electrons. The van der Waals surface area contributed by atoms with Gasteiger partial charge in [-0.15, -0.1) is 0 Å². The first-order valence-electron chi connectivity index (χ1n) is 5.45. The Morgan fingerprint density at radius 1 is 1.16 bits per heavy atom. The van der Waals surface area contributed by atoms with Crippen molar-refractivity contribution in [3.05, 3.63) is 35.5 Å². The maximum Gasteiger partial charge on any atom is 0.384 e. The van der Waals surface area contributed by atoms with Gasteiger partial charge in [0.2, 0.25) is 0 Å². The number of hydrogen-bond acceptors (Lipinski definition) is 4. The summed E-state index contributed by atoms with van der Waals surface area (Å²) in [5, 5.41) is 0.865. The topological polar surface area (TPSA) is 68.4 Å². The van der Waals surface area contributed by atoms with Crippen LogP contribution in [-0.2, 0) is 14.3 Å². The van der Waals surface area contributed by atoms with E-state index in [0.29, 0.717) is 11.3 Å². The summed E-state index contributed by atoms with van der Waals surface area (Å²) in [5.41, 5.74) is 1.77. The van der Waals surface area contributed by atoms with Gasteiger partial charge in [-0.2, -0.15) is 0 Å². The summed E-state index contributed by atoms with van der Waals surface area (Å²) in [7, 11) is 2.59. The number of aromatic amines is 1. The van der Waals surface area contributed by atoms with Crippen LogP contribution in [0.25, 0.3) is 10.9 Å². The number of ether oxygens (including phenoxy) is 2. The number of esters is 2. The average molecular weight is 257 g/mol. The molecule has 0 bridgehead atoms. The summed E-state index contributed by atoms with van der Waals surface area (Å²) in [6.45, 7) is 0. The van der Waals surface area contributed by atoms with Crippen molar-refractivity contribution < 1.29 is 19.1 Å². The minimum Gasteiger partial charge on any atom is -0.464 e. The largest absolute Gasteiger partial charge is 0.464 e. The first-order chi connectivity index (χ1) is 9.13. The summed E-state index contributed by atoms with van der Waals surface area (Å²) in [6.07, 6.45) is 0. The van der Waals surface area contributed by atoms with Crippen molar-refractivity contribution in [1.82, 2.24) is 4.98 Å². The lowest BCUT2D eigenvalue weighted by Gasteiger charge is -1.93. The fraction of sp³-hybridized carbons (Fsp3) is 0.143. The number of nitrogens with one attached hydrogen (secondary N) is 1. The molecule has 0 fully saturated rings. The van der Waals surface area contributed by atoms with Crippen LogP contribution in [0.15, 0.2) is 24.3 Å². The normalized spacial score (nSPS) is 9.58. The van der Waals surface area contributed by atoms with Gasteiger partial charge in [0.25, 0.3) is 0 Å². The predicted molar refractivity (Wildman–Crippen MR) is 68.5 cm³/mol. The van der Waals surface area contributed by atoms with E-state index in [9.17, 15) is 9.59 Å². The fourth-order valence-electron chi connectivity index (χ4n) is 1.60. The average Bonchev–Trinajstić information content (AvgIpc) is 2.86. The molecule has 1 aromatic heterocycles. The van der Waals surface area contributed by atoms with E-state index in [-0.39, 0.29) is 0 Å². The third kappa shape index (κ3) is 2.75. The van der Waals surface area contributed by atoms with Crippen molar-refractivity contribution in [2.45, 2.75) is 0 Å². The van der Waals surface area contributed by atoms with E-state index in [4.69, 9.17) is 0 Å². The van der Waals surface area contributed by atoms with Crippen molar-refractivity contribution in [2.75, 3.05) is 14.2 Å². The maximum atomic E-state index is 11.4. The number of methoxy groups -OCH3 is 2. The third-order valence-corrected chi connectivity index (χ3v) is 2.52. The first-order valence-corrected chi connectivity index (χ1v) is 5.45. The molecule has 1 N–H and O–H groups in total. The van der Waals surface area contributed by atoms with Gasteiger partial charge in [-0.05, 0) is 18.2 Å². The predicted octanol–water partition coefficient (Wildman–Crippen LogP) is 1.48. The van der Waals surface area contributed by atoms with Gasteiger partial charge in [-0.3, -0.25) is 0 Å². The van der Waals surface area contributed by atoms with Gasteiger partial charge in [0.15, 0.2) is 0 Å². The summed E-state index contributed by atoms with van der Waals surface area (Å²) in [5.74, 6) is 3.99. The molecule has 0 atom stereocenters. The Morgan fingerprint density at radius 2 is 1.95 bits per heavy atom. The molecule has 5 heteroatoms. The second-order valence-electron chi connectivity index (χ2n) is 3.72. The van der Waals surface area contributed by atoms with Crippen LogP contribution in [0.5, 0.6) is 0 Å². The summed E-state index contributed by atoms with van der Waals surface area (Å²) < 4.78 is 9.06. The van der Waals surface area contributed by atoms with Crippen LogP contribution in [-0.4, -0.2) is 31.1 Å². The molecule has 2 rings (SSSR count). The van der Waals surface area contributed by atoms with Crippen molar-refractivity contribution in [3.63, 3.8) is 0 Å². The van der Waals surface area contributed by atoms with E-state index in [2.05, 4.69) is 26.3 Å². The van der Waals surface area contributed by atoms with Crippen LogP contribution >= 0.6 is 0 Å². The zero-order valence-corrected chi connectivity index (χ0v) is 10.4. The highest BCUT2D eigenvalue weighted by molar-refractivity contribution is 5.95. The molecule has 0 amide bonds. The van der Waals surface area contributed by atoms with Crippen LogP contribution < -0.4 is 0 Å². The second-order valence-corrected chi connectivity index (χ2v) is 3.72. The minimum atomic E-state index is -0.596.